The lowest BCUT2D eigenvalue weighted by Gasteiger charge is -2.14. The largest absolute Gasteiger partial charge is 0.469 e. The highest BCUT2D eigenvalue weighted by molar-refractivity contribution is 7.98. The number of halogens is 2. The van der Waals surface area contributed by atoms with E-state index in [1.54, 1.807) is 19.3 Å². The molecule has 0 saturated heterocycles. The molecule has 4 N–H and O–H groups in total. The van der Waals surface area contributed by atoms with Gasteiger partial charge in [0.25, 0.3) is 5.56 Å². The molecule has 0 aliphatic carbocycles. The van der Waals surface area contributed by atoms with Crippen LogP contribution in [-0.4, -0.2) is 44.2 Å². The maximum absolute atomic E-state index is 14.0. The Morgan fingerprint density at radius 2 is 2.03 bits per heavy atom. The van der Waals surface area contributed by atoms with Crippen LogP contribution >= 0.6 is 11.8 Å². The summed E-state index contributed by atoms with van der Waals surface area (Å²) in [6.07, 6.45) is 2.13. The van der Waals surface area contributed by atoms with Crippen LogP contribution in [0, 0.1) is 11.6 Å². The van der Waals surface area contributed by atoms with Crippen molar-refractivity contribution < 1.29 is 18.3 Å². The van der Waals surface area contributed by atoms with E-state index in [1.807, 2.05) is 6.07 Å². The van der Waals surface area contributed by atoms with Crippen LogP contribution in [0.15, 0.2) is 51.0 Å². The fourth-order valence-electron chi connectivity index (χ4n) is 3.08. The average Bonchev–Trinajstić information content (AvgIpc) is 3.34. The summed E-state index contributed by atoms with van der Waals surface area (Å²) >= 11 is 1.08. The summed E-state index contributed by atoms with van der Waals surface area (Å²) in [5.41, 5.74) is 0.154. The summed E-state index contributed by atoms with van der Waals surface area (Å²) in [5, 5.41) is 15.7. The Bertz CT molecular complexity index is 1330. The highest BCUT2D eigenvalue weighted by Crippen LogP contribution is 2.26. The van der Waals surface area contributed by atoms with Crippen LogP contribution in [0.1, 0.15) is 18.2 Å². The van der Waals surface area contributed by atoms with E-state index in [0.29, 0.717) is 24.3 Å². The van der Waals surface area contributed by atoms with Crippen molar-refractivity contribution in [2.75, 3.05) is 23.8 Å². The number of nitrogens with one attached hydrogen (secondary N) is 3. The van der Waals surface area contributed by atoms with E-state index >= 15 is 0 Å². The number of aromatic nitrogens is 4. The standard InChI is InChI=1S/C22H22F2N6O3S/c1-12(10-31)26-18-17-19(28-21(32)20(27-17)25-8-7-14-5-3-9-33-14)30-22(29-18)34-11-13-4-2-6-15(23)16(13)24/h2-6,9,12,31H,7-8,10-11H2,1H3,(H,25,27)(H2,26,28,29,30,32). The smallest absolute Gasteiger partial charge is 0.292 e. The fraction of sp³-hybridized carbons (Fsp3) is 0.273. The van der Waals surface area contributed by atoms with Gasteiger partial charge in [0.15, 0.2) is 39.6 Å². The number of rotatable bonds is 10. The second kappa shape index (κ2) is 10.6. The van der Waals surface area contributed by atoms with E-state index < -0.39 is 17.2 Å². The van der Waals surface area contributed by atoms with Crippen LogP contribution in [0.25, 0.3) is 11.2 Å². The number of H-pyrrole nitrogens is 1. The van der Waals surface area contributed by atoms with Gasteiger partial charge in [-0.2, -0.15) is 0 Å². The molecule has 0 spiro atoms. The van der Waals surface area contributed by atoms with E-state index in [9.17, 15) is 18.7 Å². The number of furan rings is 1. The Hall–Kier alpha value is -3.51. The second-order valence-corrected chi connectivity index (χ2v) is 8.39. The maximum Gasteiger partial charge on any atom is 0.292 e. The van der Waals surface area contributed by atoms with Gasteiger partial charge >= 0.3 is 0 Å². The van der Waals surface area contributed by atoms with Crippen LogP contribution in [0.2, 0.25) is 0 Å². The molecule has 4 rings (SSSR count). The monoisotopic (exact) mass is 488 g/mol. The molecule has 9 nitrogen and oxygen atoms in total. The minimum atomic E-state index is -0.933. The van der Waals surface area contributed by atoms with Gasteiger partial charge in [0.05, 0.1) is 12.9 Å². The second-order valence-electron chi connectivity index (χ2n) is 7.45. The third-order valence-electron chi connectivity index (χ3n) is 4.82. The van der Waals surface area contributed by atoms with Gasteiger partial charge in [0.1, 0.15) is 5.76 Å². The summed E-state index contributed by atoms with van der Waals surface area (Å²) in [5.74, 6) is -0.637. The van der Waals surface area contributed by atoms with Gasteiger partial charge in [0.2, 0.25) is 0 Å². The van der Waals surface area contributed by atoms with Crippen LogP contribution < -0.4 is 16.2 Å². The van der Waals surface area contributed by atoms with Crippen molar-refractivity contribution in [1.29, 1.82) is 0 Å². The molecule has 0 fully saturated rings. The minimum absolute atomic E-state index is 0.0776. The lowest BCUT2D eigenvalue weighted by molar-refractivity contribution is 0.281. The first-order chi connectivity index (χ1) is 16.4. The zero-order valence-corrected chi connectivity index (χ0v) is 19.0. The number of fused-ring (bicyclic) bond motifs is 1. The predicted octanol–water partition coefficient (Wildman–Crippen LogP) is 3.32. The molecule has 1 atom stereocenters. The molecular weight excluding hydrogens is 466 g/mol. The van der Waals surface area contributed by atoms with Crippen LogP contribution in [0.5, 0.6) is 0 Å². The molecule has 0 radical (unpaired) electrons. The molecule has 4 aromatic rings. The number of hydrogen-bond donors (Lipinski definition) is 4. The fourth-order valence-corrected chi connectivity index (χ4v) is 3.90. The molecule has 0 bridgehead atoms. The highest BCUT2D eigenvalue weighted by atomic mass is 32.2. The van der Waals surface area contributed by atoms with Crippen molar-refractivity contribution in [1.82, 2.24) is 19.9 Å². The van der Waals surface area contributed by atoms with Gasteiger partial charge in [-0.15, -0.1) is 0 Å². The Morgan fingerprint density at radius 1 is 1.18 bits per heavy atom. The molecular formula is C22H22F2N6O3S. The molecule has 12 heteroatoms. The lowest BCUT2D eigenvalue weighted by atomic mass is 10.2. The molecule has 0 aliphatic heterocycles. The molecule has 0 amide bonds. The summed E-state index contributed by atoms with van der Waals surface area (Å²) in [6.45, 7) is 2.00. The van der Waals surface area contributed by atoms with Crippen LogP contribution in [0.3, 0.4) is 0 Å². The number of aliphatic hydroxyl groups is 1. The molecule has 0 saturated carbocycles. The van der Waals surface area contributed by atoms with Crippen molar-refractivity contribution in [3.8, 4) is 0 Å². The Labute approximate surface area is 197 Å². The zero-order valence-electron chi connectivity index (χ0n) is 18.1. The maximum atomic E-state index is 14.0. The van der Waals surface area contributed by atoms with E-state index in [1.165, 1.54) is 12.1 Å². The SMILES string of the molecule is CC(CO)Nc1nc(SCc2cccc(F)c2F)nc2[nH]c(=O)c(NCCc3ccco3)nc12. The average molecular weight is 489 g/mol. The van der Waals surface area contributed by atoms with Gasteiger partial charge in [-0.25, -0.2) is 23.7 Å². The summed E-state index contributed by atoms with van der Waals surface area (Å²) in [7, 11) is 0. The number of aliphatic hydroxyl groups excluding tert-OH is 1. The van der Waals surface area contributed by atoms with Gasteiger partial charge in [-0.3, -0.25) is 4.79 Å². The number of nitrogens with zero attached hydrogens (tertiary/aromatic N) is 3. The Balaban J connectivity index is 1.61. The summed E-state index contributed by atoms with van der Waals surface area (Å²) in [6, 6.07) is 7.20. The van der Waals surface area contributed by atoms with Crippen molar-refractivity contribution in [2.45, 2.75) is 30.3 Å². The van der Waals surface area contributed by atoms with Gasteiger partial charge in [-0.05, 0) is 25.1 Å². The number of anilines is 2. The number of thioether (sulfide) groups is 1. The minimum Gasteiger partial charge on any atom is -0.469 e. The quantitative estimate of drug-likeness (QED) is 0.196. The Morgan fingerprint density at radius 3 is 2.79 bits per heavy atom. The summed E-state index contributed by atoms with van der Waals surface area (Å²) < 4.78 is 32.8. The third-order valence-corrected chi connectivity index (χ3v) is 5.72. The Kier molecular flexibility index (Phi) is 7.38. The first-order valence-corrected chi connectivity index (χ1v) is 11.4. The van der Waals surface area contributed by atoms with Crippen molar-refractivity contribution in [3.05, 3.63) is 69.9 Å². The predicted molar refractivity (Wildman–Crippen MR) is 125 cm³/mol. The molecule has 3 aromatic heterocycles. The number of benzene rings is 1. The molecule has 178 valence electrons. The van der Waals surface area contributed by atoms with E-state index in [-0.39, 0.29) is 40.6 Å². The molecule has 3 heterocycles. The van der Waals surface area contributed by atoms with Gasteiger partial charge in [-0.1, -0.05) is 23.9 Å². The van der Waals surface area contributed by atoms with Crippen molar-refractivity contribution in [3.63, 3.8) is 0 Å². The molecule has 1 aromatic carbocycles. The van der Waals surface area contributed by atoms with Gasteiger partial charge in [0, 0.05) is 30.3 Å². The zero-order chi connectivity index (χ0) is 24.1. The molecule has 1 unspecified atom stereocenters. The van der Waals surface area contributed by atoms with Crippen molar-refractivity contribution in [2.24, 2.45) is 0 Å². The highest BCUT2D eigenvalue weighted by Gasteiger charge is 2.16. The first kappa shape index (κ1) is 23.6. The van der Waals surface area contributed by atoms with E-state index in [4.69, 9.17) is 4.42 Å². The van der Waals surface area contributed by atoms with E-state index in [2.05, 4.69) is 30.6 Å². The normalized spacial score (nSPS) is 12.1. The lowest BCUT2D eigenvalue weighted by Crippen LogP contribution is -2.23. The molecule has 34 heavy (non-hydrogen) atoms. The third kappa shape index (κ3) is 5.51. The van der Waals surface area contributed by atoms with Crippen molar-refractivity contribution >= 4 is 34.6 Å². The number of aromatic amines is 1. The van der Waals surface area contributed by atoms with Gasteiger partial charge < -0.3 is 25.1 Å². The van der Waals surface area contributed by atoms with Crippen LogP contribution in [-0.2, 0) is 12.2 Å². The van der Waals surface area contributed by atoms with Crippen LogP contribution in [0.4, 0.5) is 20.4 Å². The molecule has 0 aliphatic rings. The summed E-state index contributed by atoms with van der Waals surface area (Å²) in [4.78, 5) is 28.4. The topological polar surface area (TPSA) is 129 Å². The first-order valence-electron chi connectivity index (χ1n) is 10.5. The number of hydrogen-bond acceptors (Lipinski definition) is 9. The van der Waals surface area contributed by atoms with E-state index in [0.717, 1.165) is 23.6 Å².